The van der Waals surface area contributed by atoms with Crippen LogP contribution in [-0.4, -0.2) is 14.3 Å². The quantitative estimate of drug-likeness (QED) is 0.755. The van der Waals surface area contributed by atoms with E-state index in [9.17, 15) is 0 Å². The molecule has 1 aliphatic rings. The van der Waals surface area contributed by atoms with E-state index in [2.05, 4.69) is 48.2 Å². The molecule has 0 aromatic carbocycles. The van der Waals surface area contributed by atoms with Crippen molar-refractivity contribution in [1.29, 1.82) is 0 Å². The molecule has 16 heavy (non-hydrogen) atoms. The molecule has 0 amide bonds. The van der Waals surface area contributed by atoms with Gasteiger partial charge in [-0.15, -0.1) is 0 Å². The van der Waals surface area contributed by atoms with Crippen LogP contribution in [0.2, 0.25) is 0 Å². The van der Waals surface area contributed by atoms with E-state index in [-0.39, 0.29) is 0 Å². The number of hydrogen-bond donors (Lipinski definition) is 0. The summed E-state index contributed by atoms with van der Waals surface area (Å²) >= 11 is 0. The third kappa shape index (κ3) is 1.39. The average molecular weight is 215 g/mol. The van der Waals surface area contributed by atoms with Crippen LogP contribution in [0.3, 0.4) is 0 Å². The van der Waals surface area contributed by atoms with Crippen molar-refractivity contribution < 1.29 is 0 Å². The number of aromatic nitrogens is 3. The van der Waals surface area contributed by atoms with Crippen molar-refractivity contribution in [3.63, 3.8) is 0 Å². The van der Waals surface area contributed by atoms with Gasteiger partial charge >= 0.3 is 0 Å². The van der Waals surface area contributed by atoms with Gasteiger partial charge in [0.1, 0.15) is 0 Å². The van der Waals surface area contributed by atoms with Crippen LogP contribution < -0.4 is 0 Å². The van der Waals surface area contributed by atoms with Crippen molar-refractivity contribution in [1.82, 2.24) is 14.3 Å². The Bertz CT molecular complexity index is 510. The topological polar surface area (TPSA) is 22.8 Å². The maximum absolute atomic E-state index is 4.72. The van der Waals surface area contributed by atoms with Crippen LogP contribution in [-0.2, 0) is 0 Å². The zero-order chi connectivity index (χ0) is 11.3. The highest BCUT2D eigenvalue weighted by molar-refractivity contribution is 5.32. The molecule has 0 radical (unpaired) electrons. The number of hydrogen-bond acceptors (Lipinski definition) is 1. The van der Waals surface area contributed by atoms with Gasteiger partial charge in [0.15, 0.2) is 5.82 Å². The second-order valence-electron chi connectivity index (χ2n) is 4.77. The van der Waals surface area contributed by atoms with Crippen LogP contribution in [0, 0.1) is 20.8 Å². The summed E-state index contributed by atoms with van der Waals surface area (Å²) in [6.07, 6.45) is 2.57. The van der Waals surface area contributed by atoms with Gasteiger partial charge in [0.05, 0.1) is 6.04 Å². The SMILES string of the molecule is Cc1cc(-n2c(C)ccc2C)nn1C1CC1. The van der Waals surface area contributed by atoms with E-state index in [1.807, 2.05) is 0 Å². The number of rotatable bonds is 2. The highest BCUT2D eigenvalue weighted by atomic mass is 15.4. The van der Waals surface area contributed by atoms with Crippen molar-refractivity contribution >= 4 is 0 Å². The van der Waals surface area contributed by atoms with Crippen LogP contribution in [0.25, 0.3) is 5.82 Å². The molecule has 2 aromatic heterocycles. The highest BCUT2D eigenvalue weighted by Crippen LogP contribution is 2.35. The summed E-state index contributed by atoms with van der Waals surface area (Å²) in [5.74, 6) is 1.06. The first-order chi connectivity index (χ1) is 7.66. The molecule has 0 saturated heterocycles. The van der Waals surface area contributed by atoms with Gasteiger partial charge in [-0.2, -0.15) is 5.10 Å². The summed E-state index contributed by atoms with van der Waals surface area (Å²) in [6.45, 7) is 6.39. The highest BCUT2D eigenvalue weighted by Gasteiger charge is 2.26. The summed E-state index contributed by atoms with van der Waals surface area (Å²) in [5, 5.41) is 4.72. The fourth-order valence-corrected chi connectivity index (χ4v) is 2.30. The van der Waals surface area contributed by atoms with Crippen LogP contribution in [0.15, 0.2) is 18.2 Å². The molecule has 1 saturated carbocycles. The van der Waals surface area contributed by atoms with Crippen molar-refractivity contribution in [2.75, 3.05) is 0 Å². The Kier molecular flexibility index (Phi) is 1.96. The first-order valence-electron chi connectivity index (χ1n) is 5.88. The van der Waals surface area contributed by atoms with Gasteiger partial charge in [-0.3, -0.25) is 4.68 Å². The molecule has 2 heterocycles. The molecule has 1 aliphatic carbocycles. The lowest BCUT2D eigenvalue weighted by Crippen LogP contribution is -2.02. The summed E-state index contributed by atoms with van der Waals surface area (Å²) in [4.78, 5) is 0. The molecular weight excluding hydrogens is 198 g/mol. The van der Waals surface area contributed by atoms with Crippen molar-refractivity contribution in [3.05, 3.63) is 35.3 Å². The molecule has 3 rings (SSSR count). The minimum Gasteiger partial charge on any atom is -0.302 e. The fraction of sp³-hybridized carbons (Fsp3) is 0.462. The Hall–Kier alpha value is -1.51. The minimum absolute atomic E-state index is 0.657. The van der Waals surface area contributed by atoms with E-state index >= 15 is 0 Å². The molecule has 3 nitrogen and oxygen atoms in total. The monoisotopic (exact) mass is 215 g/mol. The van der Waals surface area contributed by atoms with Gasteiger partial charge in [-0.1, -0.05) is 0 Å². The predicted molar refractivity (Wildman–Crippen MR) is 64.0 cm³/mol. The Labute approximate surface area is 95.7 Å². The fourth-order valence-electron chi connectivity index (χ4n) is 2.30. The molecule has 0 aliphatic heterocycles. The van der Waals surface area contributed by atoms with Crippen LogP contribution in [0.5, 0.6) is 0 Å². The molecule has 0 unspecified atom stereocenters. The van der Waals surface area contributed by atoms with E-state index in [1.54, 1.807) is 0 Å². The Morgan fingerprint density at radius 1 is 1.06 bits per heavy atom. The van der Waals surface area contributed by atoms with Gasteiger partial charge in [-0.25, -0.2) is 0 Å². The molecule has 1 fully saturated rings. The van der Waals surface area contributed by atoms with Crippen LogP contribution >= 0.6 is 0 Å². The van der Waals surface area contributed by atoms with E-state index in [4.69, 9.17) is 5.10 Å². The predicted octanol–water partition coefficient (Wildman–Crippen LogP) is 2.93. The molecule has 3 heteroatoms. The molecule has 0 spiro atoms. The van der Waals surface area contributed by atoms with E-state index < -0.39 is 0 Å². The molecule has 0 N–H and O–H groups in total. The Morgan fingerprint density at radius 3 is 2.25 bits per heavy atom. The number of aryl methyl sites for hydroxylation is 3. The molecular formula is C13H17N3. The lowest BCUT2D eigenvalue weighted by molar-refractivity contribution is 0.615. The van der Waals surface area contributed by atoms with Crippen LogP contribution in [0.1, 0.15) is 36.0 Å². The normalized spacial score (nSPS) is 15.7. The Balaban J connectivity index is 2.09. The average Bonchev–Trinajstić information content (AvgIpc) is 2.93. The summed E-state index contributed by atoms with van der Waals surface area (Å²) in [6, 6.07) is 7.12. The third-order valence-electron chi connectivity index (χ3n) is 3.30. The van der Waals surface area contributed by atoms with Crippen LogP contribution in [0.4, 0.5) is 0 Å². The lowest BCUT2D eigenvalue weighted by atomic mass is 10.4. The van der Waals surface area contributed by atoms with E-state index in [1.165, 1.54) is 29.9 Å². The van der Waals surface area contributed by atoms with Gasteiger partial charge in [-0.05, 0) is 45.7 Å². The molecule has 0 atom stereocenters. The minimum atomic E-state index is 0.657. The lowest BCUT2D eigenvalue weighted by Gasteiger charge is -2.04. The van der Waals surface area contributed by atoms with Crippen molar-refractivity contribution in [2.45, 2.75) is 39.7 Å². The van der Waals surface area contributed by atoms with E-state index in [0.29, 0.717) is 6.04 Å². The Morgan fingerprint density at radius 2 is 1.69 bits per heavy atom. The third-order valence-corrected chi connectivity index (χ3v) is 3.30. The number of nitrogens with zero attached hydrogens (tertiary/aromatic N) is 3. The van der Waals surface area contributed by atoms with Gasteiger partial charge in [0.25, 0.3) is 0 Å². The smallest absolute Gasteiger partial charge is 0.159 e. The largest absolute Gasteiger partial charge is 0.302 e. The molecule has 0 bridgehead atoms. The first-order valence-corrected chi connectivity index (χ1v) is 5.88. The summed E-state index contributed by atoms with van der Waals surface area (Å²) < 4.78 is 4.39. The second-order valence-corrected chi connectivity index (χ2v) is 4.77. The van der Waals surface area contributed by atoms with Crippen molar-refractivity contribution in [3.8, 4) is 5.82 Å². The maximum atomic E-state index is 4.72. The maximum Gasteiger partial charge on any atom is 0.159 e. The second kappa shape index (κ2) is 3.24. The zero-order valence-corrected chi connectivity index (χ0v) is 10.1. The summed E-state index contributed by atoms with van der Waals surface area (Å²) in [7, 11) is 0. The van der Waals surface area contributed by atoms with Gasteiger partial charge < -0.3 is 4.57 Å². The summed E-state index contributed by atoms with van der Waals surface area (Å²) in [5.41, 5.74) is 3.76. The molecule has 84 valence electrons. The van der Waals surface area contributed by atoms with Gasteiger partial charge in [0, 0.05) is 23.1 Å². The van der Waals surface area contributed by atoms with Crippen molar-refractivity contribution in [2.24, 2.45) is 0 Å². The zero-order valence-electron chi connectivity index (χ0n) is 10.1. The standard InChI is InChI=1S/C13H17N3/c1-9-4-5-10(2)15(9)13-8-11(3)16(14-13)12-6-7-12/h4-5,8,12H,6-7H2,1-3H3. The van der Waals surface area contributed by atoms with Gasteiger partial charge in [0.2, 0.25) is 0 Å². The first kappa shape index (κ1) is 9.70. The molecule has 2 aromatic rings. The van der Waals surface area contributed by atoms with E-state index in [0.717, 1.165) is 5.82 Å².